The molecule has 2 aliphatic rings. The smallest absolute Gasteiger partial charge is 0.339 e. The van der Waals surface area contributed by atoms with Gasteiger partial charge in [-0.25, -0.2) is 17.5 Å². The van der Waals surface area contributed by atoms with E-state index in [-0.39, 0.29) is 17.9 Å². The van der Waals surface area contributed by atoms with Crippen LogP contribution in [0.15, 0.2) is 21.3 Å². The predicted molar refractivity (Wildman–Crippen MR) is 89.9 cm³/mol. The largest absolute Gasteiger partial charge is 0.486 e. The third kappa shape index (κ3) is 4.21. The first kappa shape index (κ1) is 17.9. The summed E-state index contributed by atoms with van der Waals surface area (Å²) >= 11 is 0. The molecule has 2 saturated heterocycles. The van der Waals surface area contributed by atoms with Crippen molar-refractivity contribution in [3.63, 3.8) is 0 Å². The molecule has 2 fully saturated rings. The summed E-state index contributed by atoms with van der Waals surface area (Å²) in [5, 5.41) is 0. The first-order valence-electron chi connectivity index (χ1n) is 8.25. The maximum Gasteiger partial charge on any atom is 0.339 e. The van der Waals surface area contributed by atoms with Gasteiger partial charge in [0.05, 0.1) is 25.4 Å². The maximum absolute atomic E-state index is 12.5. The highest BCUT2D eigenvalue weighted by atomic mass is 32.2. The molecule has 0 spiro atoms. The number of carbonyl (C=O) groups is 1. The van der Waals surface area contributed by atoms with Gasteiger partial charge in [-0.3, -0.25) is 4.79 Å². The zero-order chi connectivity index (χ0) is 18.2. The maximum atomic E-state index is 12.5. The summed E-state index contributed by atoms with van der Waals surface area (Å²) in [4.78, 5) is 25.5. The third-order valence-corrected chi connectivity index (χ3v) is 5.91. The van der Waals surface area contributed by atoms with Gasteiger partial charge in [-0.2, -0.15) is 0 Å². The summed E-state index contributed by atoms with van der Waals surface area (Å²) < 4.78 is 35.0. The highest BCUT2D eigenvalue weighted by molar-refractivity contribution is 7.88. The molecule has 0 aliphatic carbocycles. The number of hydrogen-bond acceptors (Lipinski definition) is 6. The molecule has 0 aromatic carbocycles. The molecule has 1 aromatic heterocycles. The van der Waals surface area contributed by atoms with Crippen LogP contribution in [-0.2, 0) is 14.8 Å². The van der Waals surface area contributed by atoms with Crippen LogP contribution in [-0.4, -0.2) is 62.1 Å². The van der Waals surface area contributed by atoms with Gasteiger partial charge < -0.3 is 14.1 Å². The van der Waals surface area contributed by atoms with E-state index >= 15 is 0 Å². The van der Waals surface area contributed by atoms with Crippen LogP contribution in [0.1, 0.15) is 18.6 Å². The molecule has 3 rings (SSSR count). The summed E-state index contributed by atoms with van der Waals surface area (Å²) in [5.41, 5.74) is -0.458. The SMILES string of the molecule is Cc1cc(OC2CN(C(=O)C3CCN(S(C)(=O)=O)CC3)C2)cc(=O)o1. The lowest BCUT2D eigenvalue weighted by Crippen LogP contribution is -2.58. The lowest BCUT2D eigenvalue weighted by Gasteiger charge is -2.42. The van der Waals surface area contributed by atoms with E-state index in [2.05, 4.69) is 0 Å². The molecule has 0 saturated carbocycles. The first-order valence-corrected chi connectivity index (χ1v) is 10.1. The van der Waals surface area contributed by atoms with E-state index in [1.165, 1.54) is 16.6 Å². The molecule has 0 unspecified atom stereocenters. The van der Waals surface area contributed by atoms with Crippen LogP contribution in [0.5, 0.6) is 5.75 Å². The number of nitrogens with zero attached hydrogens (tertiary/aromatic N) is 2. The van der Waals surface area contributed by atoms with E-state index < -0.39 is 15.6 Å². The van der Waals surface area contributed by atoms with Gasteiger partial charge in [0, 0.05) is 25.1 Å². The molecule has 1 amide bonds. The molecule has 9 heteroatoms. The lowest BCUT2D eigenvalue weighted by molar-refractivity contribution is -0.145. The minimum atomic E-state index is -3.18. The van der Waals surface area contributed by atoms with Crippen LogP contribution in [0.2, 0.25) is 0 Å². The second kappa shape index (κ2) is 6.80. The van der Waals surface area contributed by atoms with Crippen molar-refractivity contribution in [3.8, 4) is 5.75 Å². The van der Waals surface area contributed by atoms with Gasteiger partial charge in [0.25, 0.3) is 0 Å². The van der Waals surface area contributed by atoms with E-state index in [0.717, 1.165) is 0 Å². The fourth-order valence-electron chi connectivity index (χ4n) is 3.22. The number of carbonyl (C=O) groups excluding carboxylic acids is 1. The van der Waals surface area contributed by atoms with Gasteiger partial charge >= 0.3 is 5.63 Å². The third-order valence-electron chi connectivity index (χ3n) is 4.60. The Labute approximate surface area is 146 Å². The van der Waals surface area contributed by atoms with Crippen molar-refractivity contribution in [2.75, 3.05) is 32.4 Å². The Morgan fingerprint density at radius 1 is 1.24 bits per heavy atom. The average Bonchev–Trinajstić information content (AvgIpc) is 2.48. The summed E-state index contributed by atoms with van der Waals surface area (Å²) in [7, 11) is -3.18. The first-order chi connectivity index (χ1) is 11.7. The number of rotatable bonds is 4. The molecule has 1 aromatic rings. The average molecular weight is 370 g/mol. The summed E-state index contributed by atoms with van der Waals surface area (Å²) in [6, 6.07) is 2.94. The number of aryl methyl sites for hydroxylation is 1. The van der Waals surface area contributed by atoms with Crippen molar-refractivity contribution in [2.24, 2.45) is 5.92 Å². The standard InChI is InChI=1S/C16H22N2O6S/c1-11-7-13(8-15(19)23-11)24-14-9-17(10-14)16(20)12-3-5-18(6-4-12)25(2,21)22/h7-8,12,14H,3-6,9-10H2,1-2H3. The fraction of sp³-hybridized carbons (Fsp3) is 0.625. The summed E-state index contributed by atoms with van der Waals surface area (Å²) in [6.45, 7) is 3.41. The van der Waals surface area contributed by atoms with Crippen molar-refractivity contribution in [1.29, 1.82) is 0 Å². The molecular weight excluding hydrogens is 348 g/mol. The van der Waals surface area contributed by atoms with Crippen LogP contribution >= 0.6 is 0 Å². The fourth-order valence-corrected chi connectivity index (χ4v) is 4.10. The number of sulfonamides is 1. The molecule has 2 aliphatic heterocycles. The Balaban J connectivity index is 1.48. The van der Waals surface area contributed by atoms with Crippen molar-refractivity contribution in [3.05, 3.63) is 28.3 Å². The normalized spacial score (nSPS) is 20.3. The van der Waals surface area contributed by atoms with E-state index in [1.807, 2.05) is 0 Å². The minimum absolute atomic E-state index is 0.0526. The van der Waals surface area contributed by atoms with Gasteiger partial charge in [0.2, 0.25) is 15.9 Å². The van der Waals surface area contributed by atoms with Crippen molar-refractivity contribution < 1.29 is 22.4 Å². The van der Waals surface area contributed by atoms with Crippen LogP contribution < -0.4 is 10.4 Å². The second-order valence-corrected chi connectivity index (χ2v) is 8.62. The van der Waals surface area contributed by atoms with Crippen LogP contribution in [0.25, 0.3) is 0 Å². The monoisotopic (exact) mass is 370 g/mol. The topological polar surface area (TPSA) is 97.1 Å². The molecular formula is C16H22N2O6S. The molecule has 138 valence electrons. The molecule has 3 heterocycles. The Morgan fingerprint density at radius 2 is 1.88 bits per heavy atom. The molecule has 0 bridgehead atoms. The molecule has 8 nitrogen and oxygen atoms in total. The number of piperidine rings is 1. The van der Waals surface area contributed by atoms with E-state index in [4.69, 9.17) is 9.15 Å². The number of hydrogen-bond donors (Lipinski definition) is 0. The van der Waals surface area contributed by atoms with E-state index in [0.29, 0.717) is 50.5 Å². The van der Waals surface area contributed by atoms with Crippen molar-refractivity contribution in [1.82, 2.24) is 9.21 Å². The van der Waals surface area contributed by atoms with Gasteiger partial charge in [0.15, 0.2) is 0 Å². The van der Waals surface area contributed by atoms with Gasteiger partial charge in [-0.15, -0.1) is 0 Å². The number of ether oxygens (including phenoxy) is 1. The Bertz CT molecular complexity index is 804. The van der Waals surface area contributed by atoms with Crippen molar-refractivity contribution >= 4 is 15.9 Å². The van der Waals surface area contributed by atoms with Gasteiger partial charge in [-0.1, -0.05) is 0 Å². The minimum Gasteiger partial charge on any atom is -0.486 e. The summed E-state index contributed by atoms with van der Waals surface area (Å²) in [6.07, 6.45) is 2.15. The Kier molecular flexibility index (Phi) is 4.88. The highest BCUT2D eigenvalue weighted by Gasteiger charge is 2.37. The predicted octanol–water partition coefficient (Wildman–Crippen LogP) is 0.209. The van der Waals surface area contributed by atoms with Crippen LogP contribution in [0.4, 0.5) is 0 Å². The lowest BCUT2D eigenvalue weighted by atomic mass is 9.95. The highest BCUT2D eigenvalue weighted by Crippen LogP contribution is 2.25. The van der Waals surface area contributed by atoms with Gasteiger partial charge in [-0.05, 0) is 19.8 Å². The molecule has 25 heavy (non-hydrogen) atoms. The zero-order valence-electron chi connectivity index (χ0n) is 14.3. The van der Waals surface area contributed by atoms with Crippen LogP contribution in [0.3, 0.4) is 0 Å². The number of amides is 1. The molecule has 0 N–H and O–H groups in total. The van der Waals surface area contributed by atoms with Crippen LogP contribution in [0, 0.1) is 12.8 Å². The Hall–Kier alpha value is -1.87. The second-order valence-electron chi connectivity index (χ2n) is 6.64. The van der Waals surface area contributed by atoms with Crippen molar-refractivity contribution in [2.45, 2.75) is 25.9 Å². The zero-order valence-corrected chi connectivity index (χ0v) is 15.1. The molecule has 0 atom stereocenters. The Morgan fingerprint density at radius 3 is 2.44 bits per heavy atom. The number of likely N-dealkylation sites (tertiary alicyclic amines) is 1. The quantitative estimate of drug-likeness (QED) is 0.752. The summed E-state index contributed by atoms with van der Waals surface area (Å²) in [5.74, 6) is 0.849. The van der Waals surface area contributed by atoms with Gasteiger partial charge in [0.1, 0.15) is 17.6 Å². The van der Waals surface area contributed by atoms with E-state index in [1.54, 1.807) is 17.9 Å². The molecule has 0 radical (unpaired) electrons. The van der Waals surface area contributed by atoms with E-state index in [9.17, 15) is 18.0 Å².